The summed E-state index contributed by atoms with van der Waals surface area (Å²) in [6.45, 7) is 6.89. The molecule has 2 heteroatoms. The van der Waals surface area contributed by atoms with Crippen LogP contribution in [0.2, 0.25) is 18.1 Å². The van der Waals surface area contributed by atoms with Crippen LogP contribution in [0.25, 0.3) is 0 Å². The van der Waals surface area contributed by atoms with Crippen molar-refractivity contribution in [2.75, 3.05) is 6.26 Å². The third-order valence-corrected chi connectivity index (χ3v) is 9.05. The van der Waals surface area contributed by atoms with Crippen molar-refractivity contribution in [3.63, 3.8) is 0 Å². The molecule has 0 radical (unpaired) electrons. The summed E-state index contributed by atoms with van der Waals surface area (Å²) in [6.07, 6.45) is 2.10. The fourth-order valence-electron chi connectivity index (χ4n) is 1.89. The molecule has 0 unspecified atom stereocenters. The molecule has 0 aliphatic rings. The average Bonchev–Trinajstić information content (AvgIpc) is 2.41. The van der Waals surface area contributed by atoms with Gasteiger partial charge in [-0.25, -0.2) is 0 Å². The van der Waals surface area contributed by atoms with Crippen LogP contribution < -0.4 is 0 Å². The predicted octanol–water partition coefficient (Wildman–Crippen LogP) is 4.81. The molecule has 0 amide bonds. The summed E-state index contributed by atoms with van der Waals surface area (Å²) in [6, 6.07) is 12.4. The van der Waals surface area contributed by atoms with Crippen LogP contribution in [-0.4, -0.2) is 14.3 Å². The van der Waals surface area contributed by atoms with Gasteiger partial charge in [0.1, 0.15) is 8.07 Å². The molecule has 0 atom stereocenters. The van der Waals surface area contributed by atoms with Gasteiger partial charge in [-0.15, -0.1) is 17.3 Å². The molecular formula is C15H22SSi. The highest BCUT2D eigenvalue weighted by Gasteiger charge is 2.23. The molecule has 1 aromatic rings. The zero-order valence-electron chi connectivity index (χ0n) is 11.3. The molecule has 0 aromatic heterocycles. The molecule has 0 nitrogen and oxygen atoms in total. The molecule has 0 saturated heterocycles. The van der Waals surface area contributed by atoms with Crippen molar-refractivity contribution >= 4 is 19.8 Å². The summed E-state index contributed by atoms with van der Waals surface area (Å²) < 4.78 is 0. The largest absolute Gasteiger partial charge is 0.138 e. The van der Waals surface area contributed by atoms with Gasteiger partial charge < -0.3 is 0 Å². The van der Waals surface area contributed by atoms with Crippen LogP contribution in [0.4, 0.5) is 0 Å². The summed E-state index contributed by atoms with van der Waals surface area (Å²) in [5.41, 5.74) is 4.78. The lowest BCUT2D eigenvalue weighted by molar-refractivity contribution is 1.20. The molecule has 1 aromatic carbocycles. The van der Waals surface area contributed by atoms with E-state index in [9.17, 15) is 0 Å². The minimum atomic E-state index is -1.29. The highest BCUT2D eigenvalue weighted by atomic mass is 32.2. The second-order valence-corrected chi connectivity index (χ2v) is 10.1. The minimum absolute atomic E-state index is 1.16. The third-order valence-electron chi connectivity index (χ3n) is 3.59. The van der Waals surface area contributed by atoms with E-state index in [0.717, 1.165) is 5.56 Å². The van der Waals surface area contributed by atoms with Gasteiger partial charge in [0.05, 0.1) is 0 Å². The van der Waals surface area contributed by atoms with E-state index in [-0.39, 0.29) is 0 Å². The molecule has 0 N–H and O–H groups in total. The van der Waals surface area contributed by atoms with E-state index >= 15 is 0 Å². The fourth-order valence-corrected chi connectivity index (χ4v) is 4.74. The first kappa shape index (κ1) is 14.4. The van der Waals surface area contributed by atoms with Gasteiger partial charge in [-0.3, -0.25) is 0 Å². The summed E-state index contributed by atoms with van der Waals surface area (Å²) in [5.74, 6) is 3.39. The van der Waals surface area contributed by atoms with Crippen molar-refractivity contribution in [3.8, 4) is 11.5 Å². The Morgan fingerprint density at radius 2 is 1.53 bits per heavy atom. The Hall–Kier alpha value is -0.653. The molecule has 17 heavy (non-hydrogen) atoms. The highest BCUT2D eigenvalue weighted by Crippen LogP contribution is 2.19. The number of hydrogen-bond acceptors (Lipinski definition) is 1. The maximum atomic E-state index is 3.62. The summed E-state index contributed by atoms with van der Waals surface area (Å²) in [4.78, 5) is 1.31. The van der Waals surface area contributed by atoms with Crippen molar-refractivity contribution in [2.45, 2.75) is 43.8 Å². The van der Waals surface area contributed by atoms with Crippen LogP contribution in [0.1, 0.15) is 26.3 Å². The van der Waals surface area contributed by atoms with E-state index in [0.29, 0.717) is 0 Å². The number of benzene rings is 1. The lowest BCUT2D eigenvalue weighted by Crippen LogP contribution is -2.29. The van der Waals surface area contributed by atoms with Crippen molar-refractivity contribution in [1.82, 2.24) is 0 Å². The summed E-state index contributed by atoms with van der Waals surface area (Å²) >= 11 is 1.78. The van der Waals surface area contributed by atoms with E-state index in [1.54, 1.807) is 11.8 Å². The van der Waals surface area contributed by atoms with Crippen molar-refractivity contribution in [1.29, 1.82) is 0 Å². The van der Waals surface area contributed by atoms with Crippen LogP contribution >= 0.6 is 11.8 Å². The van der Waals surface area contributed by atoms with E-state index in [1.165, 1.54) is 23.0 Å². The molecule has 0 fully saturated rings. The van der Waals surface area contributed by atoms with Crippen LogP contribution in [0, 0.1) is 11.5 Å². The Labute approximate surface area is 111 Å². The molecule has 0 bridgehead atoms. The standard InChI is InChI=1S/C15H22SSi/c1-5-17(6-2,7-3)13-12-14-8-10-15(16-4)11-9-14/h8-11H,5-7H2,1-4H3. The molecule has 92 valence electrons. The highest BCUT2D eigenvalue weighted by molar-refractivity contribution is 7.98. The van der Waals surface area contributed by atoms with Crippen LogP contribution in [0.15, 0.2) is 29.2 Å². The van der Waals surface area contributed by atoms with E-state index in [4.69, 9.17) is 0 Å². The maximum absolute atomic E-state index is 3.62. The van der Waals surface area contributed by atoms with Gasteiger partial charge in [0.25, 0.3) is 0 Å². The lowest BCUT2D eigenvalue weighted by atomic mass is 10.2. The van der Waals surface area contributed by atoms with Gasteiger partial charge in [-0.1, -0.05) is 26.7 Å². The van der Waals surface area contributed by atoms with Gasteiger partial charge in [-0.2, -0.15) is 0 Å². The van der Waals surface area contributed by atoms with Gasteiger partial charge >= 0.3 is 0 Å². The van der Waals surface area contributed by atoms with Gasteiger partial charge in [0.2, 0.25) is 0 Å². The molecule has 0 aliphatic carbocycles. The average molecular weight is 262 g/mol. The van der Waals surface area contributed by atoms with E-state index in [2.05, 4.69) is 62.8 Å². The third kappa shape index (κ3) is 3.94. The lowest BCUT2D eigenvalue weighted by Gasteiger charge is -2.19. The Morgan fingerprint density at radius 1 is 1.00 bits per heavy atom. The molecule has 0 aliphatic heterocycles. The van der Waals surface area contributed by atoms with Crippen molar-refractivity contribution in [2.24, 2.45) is 0 Å². The Kier molecular flexibility index (Phi) is 5.88. The fraction of sp³-hybridized carbons (Fsp3) is 0.467. The first-order valence-corrected chi connectivity index (χ1v) is 10.2. The summed E-state index contributed by atoms with van der Waals surface area (Å²) in [5, 5.41) is 0. The monoisotopic (exact) mass is 262 g/mol. The second kappa shape index (κ2) is 6.93. The zero-order chi connectivity index (χ0) is 12.7. The Balaban J connectivity index is 2.89. The normalized spacial score (nSPS) is 10.8. The van der Waals surface area contributed by atoms with Gasteiger partial charge in [0.15, 0.2) is 0 Å². The van der Waals surface area contributed by atoms with Crippen LogP contribution in [-0.2, 0) is 0 Å². The SMILES string of the molecule is CC[Si](C#Cc1ccc(SC)cc1)(CC)CC. The first-order valence-electron chi connectivity index (χ1n) is 6.37. The quantitative estimate of drug-likeness (QED) is 0.426. The van der Waals surface area contributed by atoms with Gasteiger partial charge in [0, 0.05) is 10.5 Å². The topological polar surface area (TPSA) is 0 Å². The van der Waals surface area contributed by atoms with Crippen LogP contribution in [0.5, 0.6) is 0 Å². The van der Waals surface area contributed by atoms with Crippen LogP contribution in [0.3, 0.4) is 0 Å². The molecular weight excluding hydrogens is 240 g/mol. The second-order valence-electron chi connectivity index (χ2n) is 4.32. The molecule has 0 saturated carbocycles. The number of rotatable bonds is 4. The minimum Gasteiger partial charge on any atom is -0.130 e. The molecule has 1 rings (SSSR count). The predicted molar refractivity (Wildman–Crippen MR) is 82.3 cm³/mol. The zero-order valence-corrected chi connectivity index (χ0v) is 13.2. The smallest absolute Gasteiger partial charge is 0.130 e. The number of hydrogen-bond donors (Lipinski definition) is 0. The molecule has 0 heterocycles. The van der Waals surface area contributed by atoms with Crippen molar-refractivity contribution < 1.29 is 0 Å². The Morgan fingerprint density at radius 3 is 1.94 bits per heavy atom. The number of thioether (sulfide) groups is 1. The molecule has 0 spiro atoms. The van der Waals surface area contributed by atoms with Crippen molar-refractivity contribution in [3.05, 3.63) is 29.8 Å². The Bertz CT molecular complexity index is 385. The van der Waals surface area contributed by atoms with E-state index < -0.39 is 8.07 Å². The first-order chi connectivity index (χ1) is 8.19. The summed E-state index contributed by atoms with van der Waals surface area (Å²) in [7, 11) is -1.29. The maximum Gasteiger partial charge on any atom is 0.138 e. The van der Waals surface area contributed by atoms with Gasteiger partial charge in [-0.05, 0) is 48.7 Å². The van der Waals surface area contributed by atoms with E-state index in [1.807, 2.05) is 0 Å².